The lowest BCUT2D eigenvalue weighted by Gasteiger charge is -2.30. The molecule has 1 saturated heterocycles. The smallest absolute Gasteiger partial charge is 0.174 e. The molecule has 1 N–H and O–H groups in total. The second kappa shape index (κ2) is 10.5. The van der Waals surface area contributed by atoms with Crippen LogP contribution in [0.2, 0.25) is 0 Å². The quantitative estimate of drug-likeness (QED) is 0.272. The van der Waals surface area contributed by atoms with Crippen LogP contribution < -0.4 is 0 Å². The standard InChI is InChI=1S/C32H28FN7/c33-26-13-14-28-35-29(30(40(28)21-26)24-6-2-1-3-7-24)23-11-9-22(10-12-23)20-39-18-15-25(16-19-39)31-36-32(38-37-31)27-8-4-5-17-34-27/h1-14,17,21,25H,15-16,18-20H2,(H,36,37,38). The van der Waals surface area contributed by atoms with Crippen molar-refractivity contribution in [1.82, 2.24) is 34.4 Å². The molecule has 0 radical (unpaired) electrons. The molecule has 0 unspecified atom stereocenters. The Hall–Kier alpha value is -4.69. The number of aromatic amines is 1. The SMILES string of the molecule is Fc1ccc2nc(-c3ccc(CN4CCC(c5n[nH]c(-c6ccccn6)n5)CC4)cc3)c(-c3ccccc3)n2c1. The van der Waals surface area contributed by atoms with Gasteiger partial charge in [0.05, 0.1) is 11.4 Å². The number of hydrogen-bond acceptors (Lipinski definition) is 5. The molecule has 40 heavy (non-hydrogen) atoms. The summed E-state index contributed by atoms with van der Waals surface area (Å²) in [4.78, 5) is 16.4. The molecule has 198 valence electrons. The van der Waals surface area contributed by atoms with Crippen molar-refractivity contribution in [1.29, 1.82) is 0 Å². The first kappa shape index (κ1) is 24.4. The van der Waals surface area contributed by atoms with Crippen LogP contribution in [0.25, 0.3) is 39.7 Å². The fraction of sp³-hybridized carbons (Fsp3) is 0.188. The number of H-pyrrole nitrogens is 1. The van der Waals surface area contributed by atoms with Crippen LogP contribution >= 0.6 is 0 Å². The fourth-order valence-electron chi connectivity index (χ4n) is 5.54. The third-order valence-corrected chi connectivity index (χ3v) is 7.63. The second-order valence-corrected chi connectivity index (χ2v) is 10.3. The second-order valence-electron chi connectivity index (χ2n) is 10.3. The normalized spacial score (nSPS) is 14.6. The summed E-state index contributed by atoms with van der Waals surface area (Å²) < 4.78 is 16.0. The van der Waals surface area contributed by atoms with Gasteiger partial charge in [-0.25, -0.2) is 14.4 Å². The zero-order valence-electron chi connectivity index (χ0n) is 21.9. The molecule has 5 heterocycles. The monoisotopic (exact) mass is 529 g/mol. The summed E-state index contributed by atoms with van der Waals surface area (Å²) in [5.74, 6) is 1.67. The fourth-order valence-corrected chi connectivity index (χ4v) is 5.54. The Morgan fingerprint density at radius 1 is 0.825 bits per heavy atom. The van der Waals surface area contributed by atoms with Gasteiger partial charge in [-0.1, -0.05) is 60.7 Å². The summed E-state index contributed by atoms with van der Waals surface area (Å²) in [6, 6.07) is 27.6. The largest absolute Gasteiger partial charge is 0.299 e. The molecule has 0 atom stereocenters. The van der Waals surface area contributed by atoms with Crippen LogP contribution in [0.4, 0.5) is 4.39 Å². The van der Waals surface area contributed by atoms with E-state index >= 15 is 0 Å². The van der Waals surface area contributed by atoms with Crippen LogP contribution in [0, 0.1) is 5.82 Å². The van der Waals surface area contributed by atoms with Crippen LogP contribution in [-0.4, -0.2) is 47.5 Å². The van der Waals surface area contributed by atoms with Crippen LogP contribution in [0.3, 0.4) is 0 Å². The zero-order chi connectivity index (χ0) is 26.9. The van der Waals surface area contributed by atoms with E-state index in [9.17, 15) is 4.39 Å². The van der Waals surface area contributed by atoms with Gasteiger partial charge in [0.15, 0.2) is 11.6 Å². The molecule has 2 aromatic carbocycles. The number of hydrogen-bond donors (Lipinski definition) is 1. The third-order valence-electron chi connectivity index (χ3n) is 7.63. The van der Waals surface area contributed by atoms with Crippen molar-refractivity contribution in [3.05, 3.63) is 115 Å². The van der Waals surface area contributed by atoms with Crippen molar-refractivity contribution in [2.45, 2.75) is 25.3 Å². The van der Waals surface area contributed by atoms with E-state index in [1.807, 2.05) is 52.9 Å². The number of fused-ring (bicyclic) bond motifs is 1. The van der Waals surface area contributed by atoms with Crippen molar-refractivity contribution in [3.63, 3.8) is 0 Å². The molecule has 7 nitrogen and oxygen atoms in total. The lowest BCUT2D eigenvalue weighted by atomic mass is 9.95. The van der Waals surface area contributed by atoms with Crippen LogP contribution in [0.5, 0.6) is 0 Å². The molecule has 0 spiro atoms. The summed E-state index contributed by atoms with van der Waals surface area (Å²) in [5.41, 5.74) is 6.55. The maximum absolute atomic E-state index is 14.1. The van der Waals surface area contributed by atoms with E-state index in [0.29, 0.717) is 5.92 Å². The van der Waals surface area contributed by atoms with Gasteiger partial charge in [-0.15, -0.1) is 0 Å². The molecule has 1 fully saturated rings. The first-order chi connectivity index (χ1) is 19.7. The molecule has 1 aliphatic heterocycles. The van der Waals surface area contributed by atoms with Gasteiger partial charge in [-0.2, -0.15) is 5.10 Å². The van der Waals surface area contributed by atoms with E-state index in [-0.39, 0.29) is 5.82 Å². The Morgan fingerprint density at radius 2 is 1.62 bits per heavy atom. The van der Waals surface area contributed by atoms with Gasteiger partial charge in [0.1, 0.15) is 17.2 Å². The van der Waals surface area contributed by atoms with E-state index in [2.05, 4.69) is 44.3 Å². The van der Waals surface area contributed by atoms with Crippen LogP contribution in [-0.2, 0) is 6.54 Å². The van der Waals surface area contributed by atoms with Gasteiger partial charge in [0.25, 0.3) is 0 Å². The Balaban J connectivity index is 1.05. The van der Waals surface area contributed by atoms with Crippen molar-refractivity contribution >= 4 is 5.65 Å². The van der Waals surface area contributed by atoms with Gasteiger partial charge in [0.2, 0.25) is 0 Å². The molecule has 0 amide bonds. The number of halogens is 1. The molecule has 8 heteroatoms. The number of nitrogens with zero attached hydrogens (tertiary/aromatic N) is 6. The molecular weight excluding hydrogens is 501 g/mol. The minimum atomic E-state index is -0.288. The van der Waals surface area contributed by atoms with Crippen LogP contribution in [0.15, 0.2) is 97.3 Å². The Kier molecular flexibility index (Phi) is 6.37. The topological polar surface area (TPSA) is 75.0 Å². The Bertz CT molecular complexity index is 1740. The van der Waals surface area contributed by atoms with Crippen molar-refractivity contribution in [3.8, 4) is 34.0 Å². The minimum absolute atomic E-state index is 0.288. The molecule has 1 aliphatic rings. The maximum Gasteiger partial charge on any atom is 0.174 e. The van der Waals surface area contributed by atoms with E-state index < -0.39 is 0 Å². The molecule has 0 saturated carbocycles. The lowest BCUT2D eigenvalue weighted by Crippen LogP contribution is -2.32. The van der Waals surface area contributed by atoms with E-state index in [1.54, 1.807) is 12.3 Å². The highest BCUT2D eigenvalue weighted by Gasteiger charge is 2.24. The number of rotatable bonds is 6. The molecule has 7 rings (SSSR count). The zero-order valence-corrected chi connectivity index (χ0v) is 21.9. The summed E-state index contributed by atoms with van der Waals surface area (Å²) >= 11 is 0. The third kappa shape index (κ3) is 4.78. The first-order valence-electron chi connectivity index (χ1n) is 13.6. The van der Waals surface area contributed by atoms with Gasteiger partial charge < -0.3 is 0 Å². The number of imidazole rings is 1. The maximum atomic E-state index is 14.1. The van der Waals surface area contributed by atoms with E-state index in [0.717, 1.165) is 78.0 Å². The summed E-state index contributed by atoms with van der Waals surface area (Å²) in [5, 5.41) is 7.54. The minimum Gasteiger partial charge on any atom is -0.299 e. The highest BCUT2D eigenvalue weighted by Crippen LogP contribution is 2.33. The number of pyridine rings is 2. The predicted octanol–water partition coefficient (Wildman–Crippen LogP) is 6.37. The molecule has 0 bridgehead atoms. The summed E-state index contributed by atoms with van der Waals surface area (Å²) in [7, 11) is 0. The molecule has 0 aliphatic carbocycles. The highest BCUT2D eigenvalue weighted by molar-refractivity contribution is 5.82. The van der Waals surface area contributed by atoms with Crippen LogP contribution in [0.1, 0.15) is 30.1 Å². The molecule has 6 aromatic rings. The Morgan fingerprint density at radius 3 is 2.40 bits per heavy atom. The summed E-state index contributed by atoms with van der Waals surface area (Å²) in [6.07, 6.45) is 5.32. The Labute approximate surface area is 231 Å². The predicted molar refractivity (Wildman–Crippen MR) is 153 cm³/mol. The lowest BCUT2D eigenvalue weighted by molar-refractivity contribution is 0.202. The average Bonchev–Trinajstić information content (AvgIpc) is 3.65. The van der Waals surface area contributed by atoms with Gasteiger partial charge in [0, 0.05) is 36.0 Å². The number of piperidine rings is 1. The number of benzene rings is 2. The van der Waals surface area contributed by atoms with Crippen molar-refractivity contribution < 1.29 is 4.39 Å². The van der Waals surface area contributed by atoms with Gasteiger partial charge in [-0.3, -0.25) is 19.4 Å². The van der Waals surface area contributed by atoms with E-state index in [1.165, 1.54) is 17.8 Å². The average molecular weight is 530 g/mol. The van der Waals surface area contributed by atoms with E-state index in [4.69, 9.17) is 9.97 Å². The van der Waals surface area contributed by atoms with Gasteiger partial charge in [-0.05, 0) is 55.8 Å². The first-order valence-corrected chi connectivity index (χ1v) is 13.6. The number of likely N-dealkylation sites (tertiary alicyclic amines) is 1. The van der Waals surface area contributed by atoms with Crippen molar-refractivity contribution in [2.24, 2.45) is 0 Å². The highest BCUT2D eigenvalue weighted by atomic mass is 19.1. The molecule has 4 aromatic heterocycles. The summed E-state index contributed by atoms with van der Waals surface area (Å²) in [6.45, 7) is 2.88. The van der Waals surface area contributed by atoms with Gasteiger partial charge >= 0.3 is 0 Å². The number of aromatic nitrogens is 6. The van der Waals surface area contributed by atoms with Crippen molar-refractivity contribution in [2.75, 3.05) is 13.1 Å². The molecular formula is C32H28FN7. The number of nitrogens with one attached hydrogen (secondary N) is 1.